The normalized spacial score (nSPS) is 13.8. The van der Waals surface area contributed by atoms with Gasteiger partial charge in [0, 0.05) is 5.56 Å². The van der Waals surface area contributed by atoms with Crippen LogP contribution in [0.1, 0.15) is 11.1 Å². The Kier molecular flexibility index (Phi) is 3.25. The van der Waals surface area contributed by atoms with Crippen LogP contribution in [-0.4, -0.2) is 11.0 Å². The number of rotatable bonds is 2. The zero-order chi connectivity index (χ0) is 13.3. The Morgan fingerprint density at radius 1 is 1.00 bits per heavy atom. The molecule has 17 heavy (non-hydrogen) atoms. The molecule has 3 N–H and O–H groups in total. The summed E-state index contributed by atoms with van der Waals surface area (Å²) in [6.07, 6.45) is -4.61. The van der Waals surface area contributed by atoms with Gasteiger partial charge in [-0.05, 0) is 12.1 Å². The van der Waals surface area contributed by atoms with Crippen LogP contribution in [0.5, 0.6) is 0 Å². The van der Waals surface area contributed by atoms with Gasteiger partial charge in [0.1, 0.15) is 0 Å². The maximum absolute atomic E-state index is 13.3. The highest BCUT2D eigenvalue weighted by Gasteiger charge is 2.38. The lowest BCUT2D eigenvalue weighted by Crippen LogP contribution is -2.33. The van der Waals surface area contributed by atoms with Crippen LogP contribution in [0, 0.1) is 0 Å². The largest absolute Gasteiger partial charge is 0.416 e. The number of amidine groups is 1. The van der Waals surface area contributed by atoms with E-state index < -0.39 is 29.1 Å². The van der Waals surface area contributed by atoms with Crippen molar-refractivity contribution in [2.24, 2.45) is 10.9 Å². The van der Waals surface area contributed by atoms with Crippen LogP contribution in [0.2, 0.25) is 0 Å². The Bertz CT molecular complexity index is 424. The van der Waals surface area contributed by atoms with E-state index in [4.69, 9.17) is 10.9 Å². The van der Waals surface area contributed by atoms with Crippen LogP contribution in [0.4, 0.5) is 22.0 Å². The van der Waals surface area contributed by atoms with E-state index in [9.17, 15) is 22.0 Å². The molecule has 0 aliphatic heterocycles. The van der Waals surface area contributed by atoms with Crippen LogP contribution in [0.25, 0.3) is 0 Å². The van der Waals surface area contributed by atoms with E-state index in [0.29, 0.717) is 24.3 Å². The zero-order valence-electron chi connectivity index (χ0n) is 8.17. The number of hydrogen-bond acceptors (Lipinski definition) is 2. The van der Waals surface area contributed by atoms with Gasteiger partial charge in [-0.2, -0.15) is 22.0 Å². The fourth-order valence-corrected chi connectivity index (χ4v) is 1.08. The Labute approximate surface area is 92.3 Å². The molecule has 0 fully saturated rings. The van der Waals surface area contributed by atoms with Gasteiger partial charge >= 0.3 is 12.1 Å². The minimum atomic E-state index is -4.61. The van der Waals surface area contributed by atoms with Crippen molar-refractivity contribution in [3.05, 3.63) is 35.4 Å². The van der Waals surface area contributed by atoms with Gasteiger partial charge in [0.2, 0.25) is 5.84 Å². The third-order valence-corrected chi connectivity index (χ3v) is 2.00. The summed E-state index contributed by atoms with van der Waals surface area (Å²) in [5.74, 6) is -5.21. The molecule has 3 nitrogen and oxygen atoms in total. The third-order valence-electron chi connectivity index (χ3n) is 2.00. The highest BCUT2D eigenvalue weighted by molar-refractivity contribution is 5.87. The highest BCUT2D eigenvalue weighted by atomic mass is 19.4. The lowest BCUT2D eigenvalue weighted by molar-refractivity contribution is -0.137. The van der Waals surface area contributed by atoms with Crippen molar-refractivity contribution in [1.82, 2.24) is 0 Å². The molecule has 94 valence electrons. The number of alkyl halides is 5. The summed E-state index contributed by atoms with van der Waals surface area (Å²) in [6, 6.07) is 2.13. The maximum atomic E-state index is 13.3. The minimum absolute atomic E-state index is 0.494. The summed E-state index contributed by atoms with van der Waals surface area (Å²) < 4.78 is 63.1. The van der Waals surface area contributed by atoms with Gasteiger partial charge in [0.05, 0.1) is 5.56 Å². The summed E-state index contributed by atoms with van der Waals surface area (Å²) in [6.45, 7) is 0. The smallest absolute Gasteiger partial charge is 0.409 e. The van der Waals surface area contributed by atoms with Crippen LogP contribution >= 0.6 is 0 Å². The first-order valence-electron chi connectivity index (χ1n) is 4.23. The molecule has 0 spiro atoms. The van der Waals surface area contributed by atoms with Crippen molar-refractivity contribution < 1.29 is 27.2 Å². The molecule has 8 heteroatoms. The molecule has 0 aromatic heterocycles. The topological polar surface area (TPSA) is 58.6 Å². The predicted molar refractivity (Wildman–Crippen MR) is 48.7 cm³/mol. The molecule has 0 saturated carbocycles. The van der Waals surface area contributed by atoms with Gasteiger partial charge in [0.15, 0.2) is 0 Å². The second kappa shape index (κ2) is 4.19. The molecule has 0 radical (unpaired) electrons. The van der Waals surface area contributed by atoms with E-state index in [-0.39, 0.29) is 0 Å². The molecule has 0 heterocycles. The summed E-state index contributed by atoms with van der Waals surface area (Å²) in [5.41, 5.74) is 2.88. The average Bonchev–Trinajstić information content (AvgIpc) is 2.27. The van der Waals surface area contributed by atoms with Crippen molar-refractivity contribution in [1.29, 1.82) is 0 Å². The van der Waals surface area contributed by atoms with Gasteiger partial charge in [0.25, 0.3) is 0 Å². The minimum Gasteiger partial charge on any atom is -0.409 e. The summed E-state index contributed by atoms with van der Waals surface area (Å²) in [4.78, 5) is 0. The molecule has 0 unspecified atom stereocenters. The second-order valence-electron chi connectivity index (χ2n) is 3.13. The number of nitrogens with zero attached hydrogens (tertiary/aromatic N) is 1. The lowest BCUT2D eigenvalue weighted by atomic mass is 10.1. The van der Waals surface area contributed by atoms with Gasteiger partial charge < -0.3 is 10.9 Å². The maximum Gasteiger partial charge on any atom is 0.416 e. The number of halogens is 5. The number of hydrogen-bond donors (Lipinski definition) is 2. The fourth-order valence-electron chi connectivity index (χ4n) is 1.08. The standard InChI is InChI=1S/C9H7F5N2O/c10-8(11,7(15)16-17)5-1-3-6(4-2-5)9(12,13)14/h1-4,17H,(H2,15,16). The van der Waals surface area contributed by atoms with Gasteiger partial charge in [-0.1, -0.05) is 17.3 Å². The SMILES string of the molecule is NC(=NO)C(F)(F)c1ccc(C(F)(F)F)cc1. The first-order valence-corrected chi connectivity index (χ1v) is 4.23. The van der Waals surface area contributed by atoms with E-state index in [1.54, 1.807) is 0 Å². The van der Waals surface area contributed by atoms with Gasteiger partial charge in [-0.15, -0.1) is 0 Å². The van der Waals surface area contributed by atoms with Crippen molar-refractivity contribution in [2.75, 3.05) is 0 Å². The molecule has 0 aliphatic rings. The molecule has 1 aromatic carbocycles. The van der Waals surface area contributed by atoms with E-state index in [1.165, 1.54) is 0 Å². The average molecular weight is 254 g/mol. The molecule has 1 aromatic rings. The van der Waals surface area contributed by atoms with Crippen molar-refractivity contribution in [3.8, 4) is 0 Å². The number of nitrogens with two attached hydrogens (primary N) is 1. The Morgan fingerprint density at radius 2 is 1.41 bits per heavy atom. The molecule has 0 bridgehead atoms. The second-order valence-corrected chi connectivity index (χ2v) is 3.13. The van der Waals surface area contributed by atoms with E-state index in [0.717, 1.165) is 0 Å². The monoisotopic (exact) mass is 254 g/mol. The summed E-state index contributed by atoms with van der Waals surface area (Å²) in [7, 11) is 0. The van der Waals surface area contributed by atoms with Crippen molar-refractivity contribution >= 4 is 5.84 Å². The molecule has 0 atom stereocenters. The van der Waals surface area contributed by atoms with Crippen molar-refractivity contribution in [3.63, 3.8) is 0 Å². The quantitative estimate of drug-likeness (QED) is 0.280. The first kappa shape index (κ1) is 13.2. The lowest BCUT2D eigenvalue weighted by Gasteiger charge is -2.15. The fraction of sp³-hybridized carbons (Fsp3) is 0.222. The van der Waals surface area contributed by atoms with Crippen LogP contribution in [0.3, 0.4) is 0 Å². The van der Waals surface area contributed by atoms with E-state index in [1.807, 2.05) is 0 Å². The molecule has 0 saturated heterocycles. The van der Waals surface area contributed by atoms with Gasteiger partial charge in [-0.25, -0.2) is 0 Å². The number of benzene rings is 1. The predicted octanol–water partition coefficient (Wildman–Crippen LogP) is 2.54. The molecule has 1 rings (SSSR count). The Hall–Kier alpha value is -1.86. The van der Waals surface area contributed by atoms with E-state index in [2.05, 4.69) is 5.16 Å². The van der Waals surface area contributed by atoms with Gasteiger partial charge in [-0.3, -0.25) is 0 Å². The first-order chi connectivity index (χ1) is 7.69. The molecular weight excluding hydrogens is 247 g/mol. The third kappa shape index (κ3) is 2.63. The number of oxime groups is 1. The molecular formula is C9H7F5N2O. The van der Waals surface area contributed by atoms with E-state index >= 15 is 0 Å². The Balaban J connectivity index is 3.12. The Morgan fingerprint density at radius 3 is 1.76 bits per heavy atom. The summed E-state index contributed by atoms with van der Waals surface area (Å²) >= 11 is 0. The molecule has 0 aliphatic carbocycles. The zero-order valence-corrected chi connectivity index (χ0v) is 8.17. The summed E-state index contributed by atoms with van der Waals surface area (Å²) in [5, 5.41) is 10.2. The highest BCUT2D eigenvalue weighted by Crippen LogP contribution is 2.33. The van der Waals surface area contributed by atoms with Crippen LogP contribution in [-0.2, 0) is 12.1 Å². The van der Waals surface area contributed by atoms with Crippen molar-refractivity contribution in [2.45, 2.75) is 12.1 Å². The van der Waals surface area contributed by atoms with Crippen LogP contribution in [0.15, 0.2) is 29.4 Å². The van der Waals surface area contributed by atoms with Crippen LogP contribution < -0.4 is 5.73 Å². The molecule has 0 amide bonds.